The second kappa shape index (κ2) is 7.37. The van der Waals surface area contributed by atoms with Gasteiger partial charge in [0.1, 0.15) is 0 Å². The van der Waals surface area contributed by atoms with Gasteiger partial charge in [-0.2, -0.15) is 10.1 Å². The van der Waals surface area contributed by atoms with Gasteiger partial charge in [0.2, 0.25) is 12.3 Å². The van der Waals surface area contributed by atoms with Crippen LogP contribution < -0.4 is 0 Å². The van der Waals surface area contributed by atoms with Crippen molar-refractivity contribution in [3.05, 3.63) is 29.2 Å². The summed E-state index contributed by atoms with van der Waals surface area (Å²) in [7, 11) is 1.75. The van der Waals surface area contributed by atoms with Crippen LogP contribution >= 0.6 is 0 Å². The van der Waals surface area contributed by atoms with Gasteiger partial charge in [0, 0.05) is 32.1 Å². The lowest BCUT2D eigenvalue weighted by Crippen LogP contribution is -2.31. The molecule has 0 saturated heterocycles. The van der Waals surface area contributed by atoms with E-state index in [1.807, 2.05) is 20.8 Å². The predicted molar refractivity (Wildman–Crippen MR) is 86.7 cm³/mol. The Morgan fingerprint density at radius 3 is 2.62 bits per heavy atom. The summed E-state index contributed by atoms with van der Waals surface area (Å²) in [5, 5.41) is 8.15. The maximum absolute atomic E-state index is 12.4. The number of carbonyl (C=O) groups excluding carboxylic acids is 2. The fraction of sp³-hybridized carbons (Fsp3) is 0.562. The predicted octanol–water partition coefficient (Wildman–Crippen LogP) is 1.74. The summed E-state index contributed by atoms with van der Waals surface area (Å²) >= 11 is 0. The van der Waals surface area contributed by atoms with E-state index in [9.17, 15) is 9.59 Å². The molecule has 2 heterocycles. The molecule has 0 saturated carbocycles. The van der Waals surface area contributed by atoms with Crippen LogP contribution in [0.15, 0.2) is 10.9 Å². The van der Waals surface area contributed by atoms with Gasteiger partial charge in [-0.15, -0.1) is 0 Å². The lowest BCUT2D eigenvalue weighted by Gasteiger charge is -2.20. The number of nitrogens with zero attached hydrogens (tertiary/aromatic N) is 5. The summed E-state index contributed by atoms with van der Waals surface area (Å²) in [6, 6.07) is -0.128. The first-order chi connectivity index (χ1) is 11.3. The SMILES string of the molecule is CC(=O)c1c(C)nn([C@@H](C)CC(=O)N(C)CCc2ncon2)c1C. The first kappa shape index (κ1) is 17.8. The van der Waals surface area contributed by atoms with Crippen molar-refractivity contribution in [1.82, 2.24) is 24.8 Å². The number of amides is 1. The highest BCUT2D eigenvalue weighted by molar-refractivity contribution is 5.96. The van der Waals surface area contributed by atoms with Crippen LogP contribution in [0.2, 0.25) is 0 Å². The Hall–Kier alpha value is -2.51. The molecule has 0 aliphatic heterocycles. The summed E-state index contributed by atoms with van der Waals surface area (Å²) in [4.78, 5) is 29.7. The molecule has 1 amide bonds. The van der Waals surface area contributed by atoms with Crippen molar-refractivity contribution in [3.63, 3.8) is 0 Å². The molecule has 0 aliphatic carbocycles. The van der Waals surface area contributed by atoms with E-state index in [1.165, 1.54) is 13.3 Å². The number of carbonyl (C=O) groups is 2. The van der Waals surface area contributed by atoms with E-state index >= 15 is 0 Å². The van der Waals surface area contributed by atoms with Crippen LogP contribution in [0.25, 0.3) is 0 Å². The van der Waals surface area contributed by atoms with Crippen LogP contribution in [0.3, 0.4) is 0 Å². The van der Waals surface area contributed by atoms with Gasteiger partial charge in [0.25, 0.3) is 0 Å². The molecule has 2 aromatic heterocycles. The standard InChI is InChI=1S/C16H23N5O3/c1-10(21-12(3)16(13(4)22)11(2)18-21)8-15(23)20(5)7-6-14-17-9-24-19-14/h9-10H,6-8H2,1-5H3/t10-/m0/s1. The van der Waals surface area contributed by atoms with Crippen LogP contribution in [0.5, 0.6) is 0 Å². The lowest BCUT2D eigenvalue weighted by atomic mass is 10.1. The zero-order valence-electron chi connectivity index (χ0n) is 14.7. The molecule has 0 bridgehead atoms. The molecule has 0 aromatic carbocycles. The molecule has 8 heteroatoms. The molecule has 2 aromatic rings. The van der Waals surface area contributed by atoms with Crippen molar-refractivity contribution in [3.8, 4) is 0 Å². The minimum atomic E-state index is -0.128. The van der Waals surface area contributed by atoms with Gasteiger partial charge in [-0.05, 0) is 27.7 Å². The maximum atomic E-state index is 12.4. The summed E-state index contributed by atoms with van der Waals surface area (Å²) in [6.07, 6.45) is 2.12. The fourth-order valence-electron chi connectivity index (χ4n) is 2.79. The molecule has 0 aliphatic rings. The first-order valence-electron chi connectivity index (χ1n) is 7.87. The van der Waals surface area contributed by atoms with Gasteiger partial charge >= 0.3 is 0 Å². The Morgan fingerprint density at radius 1 is 1.38 bits per heavy atom. The minimum absolute atomic E-state index is 0.00271. The highest BCUT2D eigenvalue weighted by Gasteiger charge is 2.21. The number of aryl methyl sites for hydroxylation is 1. The van der Waals surface area contributed by atoms with Crippen molar-refractivity contribution < 1.29 is 14.1 Å². The van der Waals surface area contributed by atoms with E-state index in [-0.39, 0.29) is 17.7 Å². The van der Waals surface area contributed by atoms with E-state index in [0.717, 1.165) is 5.69 Å². The molecule has 0 radical (unpaired) electrons. The normalized spacial score (nSPS) is 12.2. The van der Waals surface area contributed by atoms with Crippen LogP contribution in [-0.2, 0) is 11.2 Å². The van der Waals surface area contributed by atoms with Crippen molar-refractivity contribution in [1.29, 1.82) is 0 Å². The van der Waals surface area contributed by atoms with Crippen LogP contribution in [-0.4, -0.2) is 50.1 Å². The van der Waals surface area contributed by atoms with Gasteiger partial charge in [-0.1, -0.05) is 5.16 Å². The van der Waals surface area contributed by atoms with E-state index in [0.29, 0.717) is 36.5 Å². The molecule has 130 valence electrons. The number of hydrogen-bond donors (Lipinski definition) is 0. The van der Waals surface area contributed by atoms with Gasteiger partial charge in [-0.3, -0.25) is 14.3 Å². The Labute approximate surface area is 140 Å². The number of hydrogen-bond acceptors (Lipinski definition) is 6. The third kappa shape index (κ3) is 3.87. The molecular formula is C16H23N5O3. The Kier molecular flexibility index (Phi) is 5.48. The maximum Gasteiger partial charge on any atom is 0.224 e. The topological polar surface area (TPSA) is 94.1 Å². The summed E-state index contributed by atoms with van der Waals surface area (Å²) < 4.78 is 6.43. The highest BCUT2D eigenvalue weighted by atomic mass is 16.5. The zero-order valence-corrected chi connectivity index (χ0v) is 14.7. The molecule has 0 unspecified atom stereocenters. The summed E-state index contributed by atoms with van der Waals surface area (Å²) in [5.74, 6) is 0.572. The number of Topliss-reactive ketones (excluding diaryl/α,β-unsaturated/α-hetero) is 1. The molecular weight excluding hydrogens is 310 g/mol. The van der Waals surface area contributed by atoms with E-state index in [1.54, 1.807) is 16.6 Å². The van der Waals surface area contributed by atoms with Gasteiger partial charge in [0.05, 0.1) is 17.3 Å². The minimum Gasteiger partial charge on any atom is -0.345 e. The Balaban J connectivity index is 1.98. The number of rotatable bonds is 7. The lowest BCUT2D eigenvalue weighted by molar-refractivity contribution is -0.130. The monoisotopic (exact) mass is 333 g/mol. The Bertz CT molecular complexity index is 720. The second-order valence-corrected chi connectivity index (χ2v) is 6.01. The molecule has 0 N–H and O–H groups in total. The number of likely N-dealkylation sites (N-methyl/N-ethyl adjacent to an activating group) is 1. The second-order valence-electron chi connectivity index (χ2n) is 6.01. The smallest absolute Gasteiger partial charge is 0.224 e. The average Bonchev–Trinajstić information content (AvgIpc) is 3.12. The molecule has 8 nitrogen and oxygen atoms in total. The molecule has 0 spiro atoms. The van der Waals surface area contributed by atoms with Gasteiger partial charge < -0.3 is 9.42 Å². The highest BCUT2D eigenvalue weighted by Crippen LogP contribution is 2.20. The average molecular weight is 333 g/mol. The third-order valence-corrected chi connectivity index (χ3v) is 4.07. The first-order valence-corrected chi connectivity index (χ1v) is 7.87. The zero-order chi connectivity index (χ0) is 17.9. The quantitative estimate of drug-likeness (QED) is 0.716. The largest absolute Gasteiger partial charge is 0.345 e. The van der Waals surface area contributed by atoms with E-state index < -0.39 is 0 Å². The Morgan fingerprint density at radius 2 is 2.08 bits per heavy atom. The van der Waals surface area contributed by atoms with Gasteiger partial charge in [-0.25, -0.2) is 0 Å². The molecule has 1 atom stereocenters. The van der Waals surface area contributed by atoms with Crippen LogP contribution in [0, 0.1) is 13.8 Å². The number of ketones is 1. The van der Waals surface area contributed by atoms with Crippen molar-refractivity contribution >= 4 is 11.7 Å². The van der Waals surface area contributed by atoms with Crippen molar-refractivity contribution in [2.45, 2.75) is 46.6 Å². The summed E-state index contributed by atoms with van der Waals surface area (Å²) in [6.45, 7) is 7.64. The summed E-state index contributed by atoms with van der Waals surface area (Å²) in [5.41, 5.74) is 2.14. The van der Waals surface area contributed by atoms with E-state index in [2.05, 4.69) is 19.8 Å². The van der Waals surface area contributed by atoms with Crippen molar-refractivity contribution in [2.75, 3.05) is 13.6 Å². The molecule has 2 rings (SSSR count). The van der Waals surface area contributed by atoms with Crippen molar-refractivity contribution in [2.24, 2.45) is 0 Å². The number of aromatic nitrogens is 4. The van der Waals surface area contributed by atoms with Gasteiger partial charge in [0.15, 0.2) is 11.6 Å². The van der Waals surface area contributed by atoms with Crippen LogP contribution in [0.1, 0.15) is 53.9 Å². The fourth-order valence-corrected chi connectivity index (χ4v) is 2.79. The third-order valence-electron chi connectivity index (χ3n) is 4.07. The van der Waals surface area contributed by atoms with Crippen LogP contribution in [0.4, 0.5) is 0 Å². The molecule has 0 fully saturated rings. The molecule has 24 heavy (non-hydrogen) atoms. The van der Waals surface area contributed by atoms with E-state index in [4.69, 9.17) is 0 Å².